The molecule has 0 aliphatic carbocycles. The Bertz CT molecular complexity index is 1820. The number of anilines is 2. The second-order valence-corrected chi connectivity index (χ2v) is 14.4. The topological polar surface area (TPSA) is 52.0 Å². The Labute approximate surface area is 306 Å². The van der Waals surface area contributed by atoms with E-state index >= 15 is 0 Å². The second kappa shape index (κ2) is 17.7. The molecule has 51 heavy (non-hydrogen) atoms. The van der Waals surface area contributed by atoms with Crippen LogP contribution >= 0.6 is 0 Å². The van der Waals surface area contributed by atoms with Gasteiger partial charge in [0, 0.05) is 11.4 Å². The van der Waals surface area contributed by atoms with Crippen molar-refractivity contribution < 1.29 is 0 Å². The van der Waals surface area contributed by atoms with Gasteiger partial charge in [-0.3, -0.25) is 0 Å². The van der Waals surface area contributed by atoms with E-state index in [-0.39, 0.29) is 0 Å². The summed E-state index contributed by atoms with van der Waals surface area (Å²) in [5, 5.41) is 0. The predicted molar refractivity (Wildman–Crippen MR) is 219 cm³/mol. The molecule has 0 aromatic heterocycles. The molecule has 0 atom stereocenters. The molecule has 6 aromatic rings. The summed E-state index contributed by atoms with van der Waals surface area (Å²) in [7, 11) is 0. The van der Waals surface area contributed by atoms with Crippen LogP contribution in [0.4, 0.5) is 11.4 Å². The summed E-state index contributed by atoms with van der Waals surface area (Å²) in [6.45, 7) is 4.59. The predicted octanol–water partition coefficient (Wildman–Crippen LogP) is 11.5. The Kier molecular flexibility index (Phi) is 12.4. The average molecular weight is 671 g/mol. The van der Waals surface area contributed by atoms with Gasteiger partial charge < -0.3 is 11.5 Å². The number of rotatable bonds is 16. The van der Waals surface area contributed by atoms with Crippen molar-refractivity contribution in [2.45, 2.75) is 84.5 Å². The summed E-state index contributed by atoms with van der Waals surface area (Å²) in [5.74, 6) is 0. The van der Waals surface area contributed by atoms with Crippen molar-refractivity contribution in [1.29, 1.82) is 0 Å². The minimum Gasteiger partial charge on any atom is -0.399 e. The van der Waals surface area contributed by atoms with E-state index in [9.17, 15) is 0 Å². The van der Waals surface area contributed by atoms with Crippen LogP contribution in [0.15, 0.2) is 133 Å². The van der Waals surface area contributed by atoms with Crippen LogP contribution in [-0.2, 0) is 44.9 Å². The van der Waals surface area contributed by atoms with E-state index in [0.29, 0.717) is 0 Å². The number of hydrogen-bond acceptors (Lipinski definition) is 2. The van der Waals surface area contributed by atoms with Crippen molar-refractivity contribution in [1.82, 2.24) is 0 Å². The van der Waals surface area contributed by atoms with Crippen LogP contribution in [0.25, 0.3) is 0 Å². The van der Waals surface area contributed by atoms with Crippen molar-refractivity contribution in [2.75, 3.05) is 11.5 Å². The van der Waals surface area contributed by atoms with Gasteiger partial charge in [-0.1, -0.05) is 136 Å². The molecular weight excluding hydrogens is 617 g/mol. The number of benzene rings is 6. The van der Waals surface area contributed by atoms with Crippen molar-refractivity contribution in [3.8, 4) is 0 Å². The third-order valence-corrected chi connectivity index (χ3v) is 10.2. The lowest BCUT2D eigenvalue weighted by Crippen LogP contribution is -2.03. The van der Waals surface area contributed by atoms with Gasteiger partial charge in [0.1, 0.15) is 0 Å². The molecule has 0 aliphatic heterocycles. The highest BCUT2D eigenvalue weighted by atomic mass is 14.5. The molecule has 0 unspecified atom stereocenters. The lowest BCUT2D eigenvalue weighted by atomic mass is 9.89. The zero-order chi connectivity index (χ0) is 35.4. The second-order valence-electron chi connectivity index (χ2n) is 14.4. The SMILES string of the molecule is CCCCc1cc(Cc2ccc(Cc3ccc(N)cc3)cc2)ccc1Cc1ccc(Cc2ccc(Cc3ccc(N)cc3)cc2)cc1CCCC. The first kappa shape index (κ1) is 35.7. The fourth-order valence-electron chi connectivity index (χ4n) is 7.09. The first-order valence-electron chi connectivity index (χ1n) is 19.0. The number of aryl methyl sites for hydroxylation is 2. The number of nitrogen functional groups attached to an aromatic ring is 2. The van der Waals surface area contributed by atoms with Crippen LogP contribution in [0.2, 0.25) is 0 Å². The van der Waals surface area contributed by atoms with Crippen LogP contribution in [0.3, 0.4) is 0 Å². The summed E-state index contributed by atoms with van der Waals surface area (Å²) in [4.78, 5) is 0. The lowest BCUT2D eigenvalue weighted by Gasteiger charge is -2.16. The Morgan fingerprint density at radius 1 is 0.314 bits per heavy atom. The highest BCUT2D eigenvalue weighted by molar-refractivity contribution is 5.45. The fraction of sp³-hybridized carbons (Fsp3) is 0.265. The van der Waals surface area contributed by atoms with E-state index < -0.39 is 0 Å². The van der Waals surface area contributed by atoms with E-state index in [4.69, 9.17) is 11.5 Å². The Hall–Kier alpha value is -5.08. The molecule has 0 aliphatic rings. The minimum absolute atomic E-state index is 0.813. The molecule has 0 spiro atoms. The van der Waals surface area contributed by atoms with Crippen LogP contribution in [0.1, 0.15) is 106 Å². The fourth-order valence-corrected chi connectivity index (χ4v) is 7.09. The van der Waals surface area contributed by atoms with Gasteiger partial charge in [-0.05, 0) is 149 Å². The van der Waals surface area contributed by atoms with Gasteiger partial charge in [0.2, 0.25) is 0 Å². The average Bonchev–Trinajstić information content (AvgIpc) is 3.15. The molecule has 0 fully saturated rings. The van der Waals surface area contributed by atoms with E-state index in [2.05, 4.69) is 123 Å². The van der Waals surface area contributed by atoms with Crippen molar-refractivity contribution in [3.05, 3.63) is 200 Å². The van der Waals surface area contributed by atoms with E-state index in [1.165, 1.54) is 92.4 Å². The maximum absolute atomic E-state index is 5.87. The smallest absolute Gasteiger partial charge is 0.0314 e. The van der Waals surface area contributed by atoms with Gasteiger partial charge in [0.15, 0.2) is 0 Å². The molecule has 0 saturated carbocycles. The minimum atomic E-state index is 0.813. The van der Waals surface area contributed by atoms with E-state index in [1.807, 2.05) is 24.3 Å². The third-order valence-electron chi connectivity index (χ3n) is 10.2. The Balaban J connectivity index is 1.14. The summed E-state index contributed by atoms with van der Waals surface area (Å²) in [6.07, 6.45) is 11.9. The molecule has 2 nitrogen and oxygen atoms in total. The van der Waals surface area contributed by atoms with E-state index in [0.717, 1.165) is 56.3 Å². The molecule has 260 valence electrons. The molecule has 4 N–H and O–H groups in total. The maximum Gasteiger partial charge on any atom is 0.0314 e. The van der Waals surface area contributed by atoms with Gasteiger partial charge in [0.05, 0.1) is 0 Å². The first-order chi connectivity index (χ1) is 24.9. The number of unbranched alkanes of at least 4 members (excludes halogenated alkanes) is 2. The molecular formula is C49H54N2. The monoisotopic (exact) mass is 670 g/mol. The summed E-state index contributed by atoms with van der Waals surface area (Å²) in [5.41, 5.74) is 30.1. The van der Waals surface area contributed by atoms with Gasteiger partial charge in [-0.2, -0.15) is 0 Å². The van der Waals surface area contributed by atoms with Crippen LogP contribution in [0.5, 0.6) is 0 Å². The van der Waals surface area contributed by atoms with E-state index in [1.54, 1.807) is 0 Å². The first-order valence-corrected chi connectivity index (χ1v) is 19.0. The molecule has 0 heterocycles. The standard InChI is InChI=1S/C49H54N2/c1-3-5-7-44-33-42(31-38-13-9-36(10-14-38)29-40-19-25-48(50)26-20-40)17-23-46(44)35-47-24-18-43(34-45(47)8-6-4-2)32-39-15-11-37(12-16-39)30-41-21-27-49(51)28-22-41/h9-28,33-34H,3-8,29-32,35,50-51H2,1-2H3. The highest BCUT2D eigenvalue weighted by Gasteiger charge is 2.11. The number of nitrogens with two attached hydrogens (primary N) is 2. The summed E-state index contributed by atoms with van der Waals surface area (Å²) in [6, 6.07) is 49.2. The summed E-state index contributed by atoms with van der Waals surface area (Å²) < 4.78 is 0. The maximum atomic E-state index is 5.87. The molecule has 0 saturated heterocycles. The van der Waals surface area contributed by atoms with Gasteiger partial charge in [-0.15, -0.1) is 0 Å². The molecule has 0 bridgehead atoms. The van der Waals surface area contributed by atoms with Gasteiger partial charge >= 0.3 is 0 Å². The Morgan fingerprint density at radius 2 is 0.588 bits per heavy atom. The quantitative estimate of drug-likeness (QED) is 0.101. The molecule has 6 aromatic carbocycles. The van der Waals surface area contributed by atoms with Gasteiger partial charge in [-0.25, -0.2) is 0 Å². The zero-order valence-corrected chi connectivity index (χ0v) is 30.6. The van der Waals surface area contributed by atoms with Gasteiger partial charge in [0.25, 0.3) is 0 Å². The van der Waals surface area contributed by atoms with Crippen LogP contribution in [0, 0.1) is 0 Å². The van der Waals surface area contributed by atoms with Crippen molar-refractivity contribution >= 4 is 11.4 Å². The third kappa shape index (κ3) is 10.5. The molecule has 0 radical (unpaired) electrons. The Morgan fingerprint density at radius 3 is 0.902 bits per heavy atom. The largest absolute Gasteiger partial charge is 0.399 e. The van der Waals surface area contributed by atoms with Crippen molar-refractivity contribution in [2.24, 2.45) is 0 Å². The highest BCUT2D eigenvalue weighted by Crippen LogP contribution is 2.26. The van der Waals surface area contributed by atoms with Crippen molar-refractivity contribution in [3.63, 3.8) is 0 Å². The zero-order valence-electron chi connectivity index (χ0n) is 30.6. The normalized spacial score (nSPS) is 11.2. The molecule has 0 amide bonds. The van der Waals surface area contributed by atoms with Crippen LogP contribution < -0.4 is 11.5 Å². The molecule has 2 heteroatoms. The lowest BCUT2D eigenvalue weighted by molar-refractivity contribution is 0.779. The summed E-state index contributed by atoms with van der Waals surface area (Å²) >= 11 is 0. The molecule has 6 rings (SSSR count). The number of hydrogen-bond donors (Lipinski definition) is 2. The van der Waals surface area contributed by atoms with Crippen LogP contribution in [-0.4, -0.2) is 0 Å².